The summed E-state index contributed by atoms with van der Waals surface area (Å²) in [6.07, 6.45) is 6.70. The van der Waals surface area contributed by atoms with Crippen LogP contribution in [0.5, 0.6) is 5.75 Å². The highest BCUT2D eigenvalue weighted by Crippen LogP contribution is 2.45. The Bertz CT molecular complexity index is 1020. The predicted octanol–water partition coefficient (Wildman–Crippen LogP) is 4.66. The number of para-hydroxylation sites is 1. The molecule has 31 heavy (non-hydrogen) atoms. The van der Waals surface area contributed by atoms with E-state index in [-0.39, 0.29) is 12.1 Å². The van der Waals surface area contributed by atoms with E-state index in [9.17, 15) is 8.42 Å². The first kappa shape index (κ1) is 22.3. The molecule has 0 aromatic heterocycles. The van der Waals surface area contributed by atoms with Crippen LogP contribution >= 0.6 is 0 Å². The van der Waals surface area contributed by atoms with Crippen LogP contribution in [0.4, 0.5) is 0 Å². The summed E-state index contributed by atoms with van der Waals surface area (Å²) in [7, 11) is -3.25. The molecule has 3 unspecified atom stereocenters. The van der Waals surface area contributed by atoms with Crippen molar-refractivity contribution < 1.29 is 13.2 Å². The number of aryl methyl sites for hydroxylation is 1. The molecule has 2 aromatic rings. The number of hydrogen-bond donors (Lipinski definition) is 1. The Labute approximate surface area is 187 Å². The van der Waals surface area contributed by atoms with Crippen molar-refractivity contribution in [3.63, 3.8) is 0 Å². The summed E-state index contributed by atoms with van der Waals surface area (Å²) in [5, 5.41) is 3.64. The maximum atomic E-state index is 13.0. The number of benzene rings is 2. The van der Waals surface area contributed by atoms with Gasteiger partial charge in [-0.3, -0.25) is 0 Å². The maximum Gasteiger partial charge on any atom is 0.157 e. The maximum absolute atomic E-state index is 13.0. The van der Waals surface area contributed by atoms with E-state index in [0.29, 0.717) is 18.8 Å². The van der Waals surface area contributed by atoms with Crippen molar-refractivity contribution in [2.45, 2.75) is 69.3 Å². The first-order valence-electron chi connectivity index (χ1n) is 11.5. The van der Waals surface area contributed by atoms with Crippen molar-refractivity contribution in [1.82, 2.24) is 5.32 Å². The Morgan fingerprint density at radius 2 is 1.94 bits per heavy atom. The molecule has 1 heterocycles. The summed E-state index contributed by atoms with van der Waals surface area (Å²) in [6, 6.07) is 16.7. The third kappa shape index (κ3) is 4.83. The SMILES string of the molecule is CC(C)Cc1cccc(C2(S(C)(=O)=O)CCC(NCC3CCc4ccccc4O3)C2)c1. The Kier molecular flexibility index (Phi) is 6.45. The highest BCUT2D eigenvalue weighted by Gasteiger charge is 2.48. The standard InChI is InChI=1S/C26H35NO3S/c1-19(2)15-20-7-6-9-22(16-20)26(31(3,28)29)14-13-23(17-26)27-18-24-12-11-21-8-4-5-10-25(21)30-24/h4-10,16,19,23-24,27H,11-15,17-18H2,1-3H3. The number of rotatable bonds is 7. The van der Waals surface area contributed by atoms with Gasteiger partial charge in [-0.05, 0) is 67.2 Å². The van der Waals surface area contributed by atoms with E-state index in [1.54, 1.807) is 0 Å². The molecule has 0 radical (unpaired) electrons. The van der Waals surface area contributed by atoms with Crippen molar-refractivity contribution in [3.05, 3.63) is 65.2 Å². The van der Waals surface area contributed by atoms with Gasteiger partial charge >= 0.3 is 0 Å². The second-order valence-corrected chi connectivity index (χ2v) is 12.1. The van der Waals surface area contributed by atoms with E-state index >= 15 is 0 Å². The zero-order valence-electron chi connectivity index (χ0n) is 18.9. The summed E-state index contributed by atoms with van der Waals surface area (Å²) in [5.41, 5.74) is 3.46. The smallest absolute Gasteiger partial charge is 0.157 e. The molecular weight excluding hydrogens is 406 g/mol. The Balaban J connectivity index is 1.45. The molecule has 2 aromatic carbocycles. The van der Waals surface area contributed by atoms with E-state index in [0.717, 1.165) is 43.5 Å². The molecule has 0 bridgehead atoms. The average molecular weight is 442 g/mol. The third-order valence-corrected chi connectivity index (χ3v) is 8.94. The van der Waals surface area contributed by atoms with Gasteiger partial charge in [0, 0.05) is 18.8 Å². The Morgan fingerprint density at radius 3 is 2.71 bits per heavy atom. The van der Waals surface area contributed by atoms with Gasteiger partial charge in [0.2, 0.25) is 0 Å². The fraction of sp³-hybridized carbons (Fsp3) is 0.538. The molecule has 4 nitrogen and oxygen atoms in total. The van der Waals surface area contributed by atoms with Crippen molar-refractivity contribution in [1.29, 1.82) is 0 Å². The minimum absolute atomic E-state index is 0.137. The van der Waals surface area contributed by atoms with Crippen LogP contribution in [0.3, 0.4) is 0 Å². The molecule has 1 aliphatic heterocycles. The fourth-order valence-electron chi connectivity index (χ4n) is 5.27. The van der Waals surface area contributed by atoms with Gasteiger partial charge in [-0.1, -0.05) is 56.3 Å². The van der Waals surface area contributed by atoms with Gasteiger partial charge in [-0.15, -0.1) is 0 Å². The van der Waals surface area contributed by atoms with Crippen LogP contribution in [-0.4, -0.2) is 33.4 Å². The first-order valence-corrected chi connectivity index (χ1v) is 13.4. The topological polar surface area (TPSA) is 55.4 Å². The van der Waals surface area contributed by atoms with Gasteiger partial charge in [0.25, 0.3) is 0 Å². The monoisotopic (exact) mass is 441 g/mol. The van der Waals surface area contributed by atoms with Crippen molar-refractivity contribution in [2.24, 2.45) is 5.92 Å². The fourth-order valence-corrected chi connectivity index (χ4v) is 6.82. The first-order chi connectivity index (χ1) is 14.8. The molecule has 0 saturated heterocycles. The summed E-state index contributed by atoms with van der Waals surface area (Å²) in [6.45, 7) is 5.15. The lowest BCUT2D eigenvalue weighted by Crippen LogP contribution is -2.40. The van der Waals surface area contributed by atoms with Crippen molar-refractivity contribution in [2.75, 3.05) is 12.8 Å². The molecule has 3 atom stereocenters. The normalized spacial score (nSPS) is 25.9. The van der Waals surface area contributed by atoms with E-state index in [2.05, 4.69) is 43.4 Å². The molecule has 4 rings (SSSR count). The number of nitrogens with one attached hydrogen (secondary N) is 1. The lowest BCUT2D eigenvalue weighted by molar-refractivity contribution is 0.166. The minimum atomic E-state index is -3.25. The molecule has 1 saturated carbocycles. The number of hydrogen-bond acceptors (Lipinski definition) is 4. The second kappa shape index (κ2) is 8.95. The average Bonchev–Trinajstić information content (AvgIpc) is 3.18. The Morgan fingerprint density at radius 1 is 1.13 bits per heavy atom. The van der Waals surface area contributed by atoms with Gasteiger partial charge in [-0.2, -0.15) is 0 Å². The summed E-state index contributed by atoms with van der Waals surface area (Å²) in [4.78, 5) is 0. The zero-order valence-corrected chi connectivity index (χ0v) is 19.8. The van der Waals surface area contributed by atoms with Crippen LogP contribution in [0.25, 0.3) is 0 Å². The van der Waals surface area contributed by atoms with Gasteiger partial charge in [0.15, 0.2) is 9.84 Å². The molecule has 1 aliphatic carbocycles. The largest absolute Gasteiger partial charge is 0.489 e. The third-order valence-electron chi connectivity index (χ3n) is 6.92. The van der Waals surface area contributed by atoms with Crippen molar-refractivity contribution >= 4 is 9.84 Å². The summed E-state index contributed by atoms with van der Waals surface area (Å²) < 4.78 is 31.4. The van der Waals surface area contributed by atoms with Crippen LogP contribution < -0.4 is 10.1 Å². The van der Waals surface area contributed by atoms with E-state index < -0.39 is 14.6 Å². The molecule has 168 valence electrons. The second-order valence-electron chi connectivity index (χ2n) is 9.80. The lowest BCUT2D eigenvalue weighted by atomic mass is 9.92. The zero-order chi connectivity index (χ0) is 22.1. The molecule has 1 fully saturated rings. The van der Waals surface area contributed by atoms with Crippen LogP contribution in [0.1, 0.15) is 56.2 Å². The molecule has 2 aliphatic rings. The minimum Gasteiger partial charge on any atom is -0.489 e. The van der Waals surface area contributed by atoms with Gasteiger partial charge < -0.3 is 10.1 Å². The van der Waals surface area contributed by atoms with Crippen LogP contribution in [0.2, 0.25) is 0 Å². The van der Waals surface area contributed by atoms with E-state index in [4.69, 9.17) is 4.74 Å². The Hall–Kier alpha value is -1.85. The van der Waals surface area contributed by atoms with Crippen LogP contribution in [0, 0.1) is 5.92 Å². The van der Waals surface area contributed by atoms with E-state index in [1.165, 1.54) is 17.4 Å². The number of fused-ring (bicyclic) bond motifs is 1. The van der Waals surface area contributed by atoms with Crippen LogP contribution in [-0.2, 0) is 27.4 Å². The lowest BCUT2D eigenvalue weighted by Gasteiger charge is -2.30. The molecule has 0 spiro atoms. The van der Waals surface area contributed by atoms with E-state index in [1.807, 2.05) is 24.3 Å². The molecule has 1 N–H and O–H groups in total. The highest BCUT2D eigenvalue weighted by atomic mass is 32.2. The summed E-state index contributed by atoms with van der Waals surface area (Å²) >= 11 is 0. The van der Waals surface area contributed by atoms with Crippen LogP contribution in [0.15, 0.2) is 48.5 Å². The molecule has 5 heteroatoms. The van der Waals surface area contributed by atoms with Gasteiger partial charge in [0.05, 0.1) is 4.75 Å². The molecule has 0 amide bonds. The van der Waals surface area contributed by atoms with Gasteiger partial charge in [0.1, 0.15) is 11.9 Å². The predicted molar refractivity (Wildman–Crippen MR) is 126 cm³/mol. The summed E-state index contributed by atoms with van der Waals surface area (Å²) in [5.74, 6) is 1.53. The number of ether oxygens (including phenoxy) is 1. The quantitative estimate of drug-likeness (QED) is 0.679. The molecular formula is C26H35NO3S. The number of sulfone groups is 1. The van der Waals surface area contributed by atoms with Crippen molar-refractivity contribution in [3.8, 4) is 5.75 Å². The highest BCUT2D eigenvalue weighted by molar-refractivity contribution is 7.91. The van der Waals surface area contributed by atoms with Gasteiger partial charge in [-0.25, -0.2) is 8.42 Å².